The molecule has 0 aromatic carbocycles. The standard InChI is InChI=1S/C12H14BrN3S/c1-8(5-10-3-2-4-17-10)16-12-11(13)6-9(14)7-15-12/h2-4,6-8H,5,14H2,1H3,(H,15,16). The van der Waals surface area contributed by atoms with Gasteiger partial charge in [-0.05, 0) is 40.4 Å². The number of nitrogens with two attached hydrogens (primary N) is 1. The largest absolute Gasteiger partial charge is 0.397 e. The van der Waals surface area contributed by atoms with E-state index in [1.807, 2.05) is 6.07 Å². The van der Waals surface area contributed by atoms with Gasteiger partial charge in [0.2, 0.25) is 0 Å². The van der Waals surface area contributed by atoms with Crippen LogP contribution in [0.3, 0.4) is 0 Å². The van der Waals surface area contributed by atoms with Gasteiger partial charge in [-0.25, -0.2) is 4.98 Å². The lowest BCUT2D eigenvalue weighted by atomic mass is 10.2. The molecule has 0 radical (unpaired) electrons. The highest BCUT2D eigenvalue weighted by Gasteiger charge is 2.08. The van der Waals surface area contributed by atoms with Crippen LogP contribution in [-0.4, -0.2) is 11.0 Å². The Hall–Kier alpha value is -1.07. The van der Waals surface area contributed by atoms with Crippen molar-refractivity contribution in [2.24, 2.45) is 0 Å². The zero-order valence-electron chi connectivity index (χ0n) is 9.48. The molecular weight excluding hydrogens is 298 g/mol. The number of rotatable bonds is 4. The number of aromatic nitrogens is 1. The molecule has 0 bridgehead atoms. The van der Waals surface area contributed by atoms with Gasteiger partial charge in [-0.15, -0.1) is 11.3 Å². The third-order valence-electron chi connectivity index (χ3n) is 2.33. The number of anilines is 2. The average molecular weight is 312 g/mol. The Balaban J connectivity index is 2.00. The van der Waals surface area contributed by atoms with Crippen LogP contribution in [0, 0.1) is 0 Å². The zero-order chi connectivity index (χ0) is 12.3. The van der Waals surface area contributed by atoms with Gasteiger partial charge in [-0.3, -0.25) is 0 Å². The van der Waals surface area contributed by atoms with Gasteiger partial charge in [0.15, 0.2) is 0 Å². The van der Waals surface area contributed by atoms with Crippen LogP contribution in [0.25, 0.3) is 0 Å². The minimum Gasteiger partial charge on any atom is -0.397 e. The van der Waals surface area contributed by atoms with Crippen molar-refractivity contribution in [1.29, 1.82) is 0 Å². The number of hydrogen-bond donors (Lipinski definition) is 2. The van der Waals surface area contributed by atoms with Crippen molar-refractivity contribution < 1.29 is 0 Å². The summed E-state index contributed by atoms with van der Waals surface area (Å²) in [6.07, 6.45) is 2.65. The Bertz CT molecular complexity index is 485. The fourth-order valence-corrected chi connectivity index (χ4v) is 2.89. The van der Waals surface area contributed by atoms with Gasteiger partial charge in [0, 0.05) is 17.3 Å². The molecule has 90 valence electrons. The van der Waals surface area contributed by atoms with Gasteiger partial charge in [0.25, 0.3) is 0 Å². The summed E-state index contributed by atoms with van der Waals surface area (Å²) in [5, 5.41) is 5.47. The summed E-state index contributed by atoms with van der Waals surface area (Å²) in [5.74, 6) is 0.836. The van der Waals surface area contributed by atoms with E-state index in [2.05, 4.69) is 50.7 Å². The van der Waals surface area contributed by atoms with Gasteiger partial charge in [0.1, 0.15) is 5.82 Å². The molecule has 1 atom stereocenters. The number of halogens is 1. The first-order valence-electron chi connectivity index (χ1n) is 5.35. The molecule has 0 aliphatic carbocycles. The van der Waals surface area contributed by atoms with Crippen molar-refractivity contribution in [3.63, 3.8) is 0 Å². The number of thiophene rings is 1. The molecule has 3 N–H and O–H groups in total. The molecule has 0 saturated heterocycles. The lowest BCUT2D eigenvalue weighted by Gasteiger charge is -2.14. The summed E-state index contributed by atoms with van der Waals surface area (Å²) in [5.41, 5.74) is 6.31. The number of nitrogens with zero attached hydrogens (tertiary/aromatic N) is 1. The smallest absolute Gasteiger partial charge is 0.140 e. The molecule has 17 heavy (non-hydrogen) atoms. The Labute approximate surface area is 113 Å². The van der Waals surface area contributed by atoms with Gasteiger partial charge < -0.3 is 11.1 Å². The summed E-state index contributed by atoms with van der Waals surface area (Å²) in [6.45, 7) is 2.14. The number of nitrogen functional groups attached to an aromatic ring is 1. The average Bonchev–Trinajstić information content (AvgIpc) is 2.75. The predicted molar refractivity (Wildman–Crippen MR) is 77.5 cm³/mol. The van der Waals surface area contributed by atoms with Crippen LogP contribution in [0.5, 0.6) is 0 Å². The van der Waals surface area contributed by atoms with E-state index in [1.54, 1.807) is 17.5 Å². The first-order chi connectivity index (χ1) is 8.15. The maximum atomic E-state index is 5.65. The molecule has 0 fully saturated rings. The summed E-state index contributed by atoms with van der Waals surface area (Å²) >= 11 is 5.23. The van der Waals surface area contributed by atoms with Crippen LogP contribution in [0.1, 0.15) is 11.8 Å². The van der Waals surface area contributed by atoms with Gasteiger partial charge in [-0.2, -0.15) is 0 Å². The maximum absolute atomic E-state index is 5.65. The van der Waals surface area contributed by atoms with E-state index in [-0.39, 0.29) is 0 Å². The molecule has 2 heterocycles. The van der Waals surface area contributed by atoms with E-state index in [1.165, 1.54) is 4.88 Å². The first kappa shape index (κ1) is 12.4. The number of hydrogen-bond acceptors (Lipinski definition) is 4. The van der Waals surface area contributed by atoms with Crippen molar-refractivity contribution in [3.8, 4) is 0 Å². The Morgan fingerprint density at radius 3 is 3.06 bits per heavy atom. The van der Waals surface area contributed by atoms with Crippen molar-refractivity contribution in [2.45, 2.75) is 19.4 Å². The van der Waals surface area contributed by atoms with E-state index in [9.17, 15) is 0 Å². The van der Waals surface area contributed by atoms with E-state index in [0.29, 0.717) is 11.7 Å². The Morgan fingerprint density at radius 2 is 2.41 bits per heavy atom. The highest BCUT2D eigenvalue weighted by molar-refractivity contribution is 9.10. The fourth-order valence-electron chi connectivity index (χ4n) is 1.57. The van der Waals surface area contributed by atoms with Gasteiger partial charge in [0.05, 0.1) is 16.4 Å². The SMILES string of the molecule is CC(Cc1cccs1)Nc1ncc(N)cc1Br. The fraction of sp³-hybridized carbons (Fsp3) is 0.250. The van der Waals surface area contributed by atoms with E-state index >= 15 is 0 Å². The van der Waals surface area contributed by atoms with Crippen molar-refractivity contribution >= 4 is 38.8 Å². The summed E-state index contributed by atoms with van der Waals surface area (Å²) in [6, 6.07) is 6.41. The summed E-state index contributed by atoms with van der Waals surface area (Å²) < 4.78 is 0.899. The monoisotopic (exact) mass is 311 g/mol. The van der Waals surface area contributed by atoms with Crippen molar-refractivity contribution in [3.05, 3.63) is 39.1 Å². The van der Waals surface area contributed by atoms with Gasteiger partial charge >= 0.3 is 0 Å². The third-order valence-corrected chi connectivity index (χ3v) is 3.84. The first-order valence-corrected chi connectivity index (χ1v) is 7.02. The van der Waals surface area contributed by atoms with Crippen molar-refractivity contribution in [2.75, 3.05) is 11.1 Å². The van der Waals surface area contributed by atoms with E-state index in [4.69, 9.17) is 5.73 Å². The van der Waals surface area contributed by atoms with Crippen LogP contribution in [0.2, 0.25) is 0 Å². The molecule has 5 heteroatoms. The van der Waals surface area contributed by atoms with Crippen LogP contribution >= 0.6 is 27.3 Å². The molecule has 0 spiro atoms. The van der Waals surface area contributed by atoms with Gasteiger partial charge in [-0.1, -0.05) is 6.07 Å². The molecule has 0 aliphatic heterocycles. The Kier molecular flexibility index (Phi) is 4.02. The molecule has 0 saturated carbocycles. The van der Waals surface area contributed by atoms with Crippen LogP contribution in [0.15, 0.2) is 34.2 Å². The Morgan fingerprint density at radius 1 is 1.59 bits per heavy atom. The second-order valence-corrected chi connectivity index (χ2v) is 5.81. The van der Waals surface area contributed by atoms with Crippen molar-refractivity contribution in [1.82, 2.24) is 4.98 Å². The molecule has 2 aromatic rings. The molecule has 2 aromatic heterocycles. The maximum Gasteiger partial charge on any atom is 0.140 e. The lowest BCUT2D eigenvalue weighted by Crippen LogP contribution is -2.18. The summed E-state index contributed by atoms with van der Waals surface area (Å²) in [4.78, 5) is 5.64. The predicted octanol–water partition coefficient (Wildman–Crippen LogP) is 3.53. The molecular formula is C12H14BrN3S. The quantitative estimate of drug-likeness (QED) is 0.908. The molecule has 2 rings (SSSR count). The molecule has 1 unspecified atom stereocenters. The number of nitrogens with one attached hydrogen (secondary N) is 1. The zero-order valence-corrected chi connectivity index (χ0v) is 11.9. The molecule has 0 amide bonds. The topological polar surface area (TPSA) is 50.9 Å². The van der Waals surface area contributed by atoms with Crippen LogP contribution < -0.4 is 11.1 Å². The molecule has 3 nitrogen and oxygen atoms in total. The third kappa shape index (κ3) is 3.44. The second-order valence-electron chi connectivity index (χ2n) is 3.93. The van der Waals surface area contributed by atoms with Crippen LogP contribution in [-0.2, 0) is 6.42 Å². The molecule has 0 aliphatic rings. The lowest BCUT2D eigenvalue weighted by molar-refractivity contribution is 0.793. The summed E-state index contributed by atoms with van der Waals surface area (Å²) in [7, 11) is 0. The normalized spacial score (nSPS) is 12.4. The van der Waals surface area contributed by atoms with E-state index < -0.39 is 0 Å². The van der Waals surface area contributed by atoms with Crippen LogP contribution in [0.4, 0.5) is 11.5 Å². The van der Waals surface area contributed by atoms with E-state index in [0.717, 1.165) is 16.7 Å². The highest BCUT2D eigenvalue weighted by Crippen LogP contribution is 2.23. The minimum absolute atomic E-state index is 0.334. The number of pyridine rings is 1. The highest BCUT2D eigenvalue weighted by atomic mass is 79.9. The second kappa shape index (κ2) is 5.51. The minimum atomic E-state index is 0.334.